The molecule has 0 aliphatic rings. The predicted molar refractivity (Wildman–Crippen MR) is 127 cm³/mol. The van der Waals surface area contributed by atoms with Gasteiger partial charge in [-0.2, -0.15) is 9.97 Å². The quantitative estimate of drug-likeness (QED) is 0.324. The van der Waals surface area contributed by atoms with Gasteiger partial charge in [-0.25, -0.2) is 21.9 Å². The van der Waals surface area contributed by atoms with Crippen molar-refractivity contribution in [1.29, 1.82) is 0 Å². The van der Waals surface area contributed by atoms with E-state index in [-0.39, 0.29) is 22.4 Å². The number of hydrogen-bond acceptors (Lipinski definition) is 9. The van der Waals surface area contributed by atoms with Gasteiger partial charge in [0.05, 0.1) is 42.3 Å². The number of aryl methyl sites for hydroxylation is 1. The fourth-order valence-electron chi connectivity index (χ4n) is 3.32. The molecule has 0 bridgehead atoms. The molecule has 0 spiro atoms. The summed E-state index contributed by atoms with van der Waals surface area (Å²) >= 11 is 6.40. The summed E-state index contributed by atoms with van der Waals surface area (Å²) in [6.45, 7) is 0.820. The highest BCUT2D eigenvalue weighted by Crippen LogP contribution is 2.38. The van der Waals surface area contributed by atoms with E-state index < -0.39 is 29.0 Å². The summed E-state index contributed by atoms with van der Waals surface area (Å²) < 4.78 is 69.1. The van der Waals surface area contributed by atoms with Crippen molar-refractivity contribution >= 4 is 38.5 Å². The van der Waals surface area contributed by atoms with E-state index in [1.165, 1.54) is 32.7 Å². The van der Waals surface area contributed by atoms with Crippen molar-refractivity contribution in [3.8, 4) is 28.8 Å². The number of nitrogens with one attached hydrogen (secondary N) is 2. The normalized spacial score (nSPS) is 11.6. The Morgan fingerprint density at radius 3 is 2.39 bits per heavy atom. The van der Waals surface area contributed by atoms with E-state index in [9.17, 15) is 17.2 Å². The van der Waals surface area contributed by atoms with Crippen LogP contribution in [0.1, 0.15) is 5.69 Å². The lowest BCUT2D eigenvalue weighted by Crippen LogP contribution is -2.16. The molecule has 0 atom stereocenters. The fraction of sp³-hybridized carbons (Fsp3) is 0.238. The molecule has 190 valence electrons. The lowest BCUT2D eigenvalue weighted by atomic mass is 10.1. The molecule has 0 amide bonds. The summed E-state index contributed by atoms with van der Waals surface area (Å²) in [5.74, 6) is -1.33. The molecule has 0 saturated carbocycles. The first-order valence-corrected chi connectivity index (χ1v) is 12.0. The molecule has 0 aliphatic heterocycles. The zero-order valence-electron chi connectivity index (χ0n) is 19.0. The third kappa shape index (κ3) is 4.95. The topological polar surface area (TPSA) is 141 Å². The predicted octanol–water partition coefficient (Wildman–Crippen LogP) is 3.84. The summed E-state index contributed by atoms with van der Waals surface area (Å²) in [5, 5.41) is 0.664. The van der Waals surface area contributed by atoms with E-state index in [2.05, 4.69) is 29.6 Å². The Balaban J connectivity index is 1.74. The molecule has 1 aromatic carbocycles. The largest absolute Gasteiger partial charge is 0.478 e. The highest BCUT2D eigenvalue weighted by atomic mass is 35.5. The van der Waals surface area contributed by atoms with Crippen LogP contribution in [0.15, 0.2) is 35.6 Å². The van der Waals surface area contributed by atoms with E-state index in [4.69, 9.17) is 25.8 Å². The number of ether oxygens (including phenoxy) is 3. The number of hydrogen-bond donors (Lipinski definition) is 2. The van der Waals surface area contributed by atoms with Crippen LogP contribution in [-0.2, 0) is 10.0 Å². The lowest BCUT2D eigenvalue weighted by molar-refractivity contribution is 0.0781. The van der Waals surface area contributed by atoms with Crippen LogP contribution in [0.4, 0.5) is 14.7 Å². The number of benzene rings is 1. The molecule has 3 heterocycles. The van der Waals surface area contributed by atoms with Crippen molar-refractivity contribution in [3.63, 3.8) is 0 Å². The minimum absolute atomic E-state index is 0.130. The molecule has 0 radical (unpaired) electrons. The zero-order chi connectivity index (χ0) is 26.0. The lowest BCUT2D eigenvalue weighted by Gasteiger charge is -2.14. The summed E-state index contributed by atoms with van der Waals surface area (Å²) in [6.07, 6.45) is 1.61. The van der Waals surface area contributed by atoms with E-state index in [0.717, 1.165) is 0 Å². The number of H-pyrrole nitrogens is 1. The van der Waals surface area contributed by atoms with Crippen molar-refractivity contribution in [2.24, 2.45) is 0 Å². The number of alkyl halides is 2. The molecule has 0 saturated heterocycles. The van der Waals surface area contributed by atoms with Crippen LogP contribution < -0.4 is 18.9 Å². The van der Waals surface area contributed by atoms with Crippen molar-refractivity contribution in [1.82, 2.24) is 24.9 Å². The minimum atomic E-state index is -4.26. The number of halogens is 3. The van der Waals surface area contributed by atoms with Gasteiger partial charge >= 0.3 is 0 Å². The average Bonchev–Trinajstić information content (AvgIpc) is 3.28. The van der Waals surface area contributed by atoms with E-state index in [0.29, 0.717) is 32.9 Å². The first kappa shape index (κ1) is 25.3. The third-order valence-corrected chi connectivity index (χ3v) is 6.55. The van der Waals surface area contributed by atoms with Crippen LogP contribution in [0.2, 0.25) is 5.02 Å². The highest BCUT2D eigenvalue weighted by Gasteiger charge is 2.26. The molecule has 0 unspecified atom stereocenters. The van der Waals surface area contributed by atoms with E-state index >= 15 is 0 Å². The number of rotatable bonds is 9. The first-order valence-electron chi connectivity index (χ1n) is 10.2. The van der Waals surface area contributed by atoms with Gasteiger partial charge in [-0.1, -0.05) is 11.6 Å². The second kappa shape index (κ2) is 10.1. The van der Waals surface area contributed by atoms with Gasteiger partial charge in [0, 0.05) is 23.3 Å². The van der Waals surface area contributed by atoms with Gasteiger partial charge in [0.15, 0.2) is 0 Å². The number of aromatic nitrogens is 5. The number of fused-ring (bicyclic) bond motifs is 1. The Bertz CT molecular complexity index is 1490. The maximum Gasteiger partial charge on any atom is 0.272 e. The number of nitrogens with zero attached hydrogens (tertiary/aromatic N) is 4. The summed E-state index contributed by atoms with van der Waals surface area (Å²) in [5.41, 5.74) is 2.06. The van der Waals surface area contributed by atoms with Crippen LogP contribution in [0.3, 0.4) is 0 Å². The maximum atomic E-state index is 13.3. The third-order valence-electron chi connectivity index (χ3n) is 4.86. The first-order chi connectivity index (χ1) is 17.1. The molecular weight excluding hydrogens is 522 g/mol. The highest BCUT2D eigenvalue weighted by molar-refractivity contribution is 7.93. The Labute approximate surface area is 208 Å². The van der Waals surface area contributed by atoms with Crippen LogP contribution >= 0.6 is 11.6 Å². The molecule has 15 heteroatoms. The summed E-state index contributed by atoms with van der Waals surface area (Å²) in [4.78, 5) is 19.2. The van der Waals surface area contributed by atoms with Crippen LogP contribution in [-0.4, -0.2) is 60.6 Å². The summed E-state index contributed by atoms with van der Waals surface area (Å²) in [6, 6.07) is 3.09. The molecule has 36 heavy (non-hydrogen) atoms. The fourth-order valence-corrected chi connectivity index (χ4v) is 4.69. The van der Waals surface area contributed by atoms with Crippen LogP contribution in [0, 0.1) is 6.92 Å². The van der Waals surface area contributed by atoms with E-state index in [1.54, 1.807) is 19.2 Å². The van der Waals surface area contributed by atoms with Gasteiger partial charge in [-0.05, 0) is 19.1 Å². The molecule has 0 fully saturated rings. The standard InChI is InChI=1S/C21H19ClF2N6O5S/c1-10-6-26-13(7-25-10)16-12(22)5-4-11-14(8-27-17(11)16)36(31,32)30-21-28-19(33-2)18(20(29-21)34-3)35-9-15(23)24/h4-8,15,27H,9H2,1-3H3,(H,28,29,30). The molecule has 4 rings (SSSR count). The van der Waals surface area contributed by atoms with Gasteiger partial charge < -0.3 is 19.2 Å². The molecular formula is C21H19ClF2N6O5S. The smallest absolute Gasteiger partial charge is 0.272 e. The Morgan fingerprint density at radius 1 is 1.11 bits per heavy atom. The van der Waals surface area contributed by atoms with Crippen molar-refractivity contribution in [2.45, 2.75) is 18.2 Å². The van der Waals surface area contributed by atoms with Crippen molar-refractivity contribution < 1.29 is 31.4 Å². The van der Waals surface area contributed by atoms with Gasteiger partial charge in [0.1, 0.15) is 11.5 Å². The SMILES string of the molecule is COc1nc(NS(=O)(=O)c2c[nH]c3c(-c4cnc(C)cn4)c(Cl)ccc23)nc(OC)c1OCC(F)F. The second-order valence-corrected chi connectivity index (χ2v) is 9.30. The summed E-state index contributed by atoms with van der Waals surface area (Å²) in [7, 11) is -1.86. The second-order valence-electron chi connectivity index (χ2n) is 7.24. The molecule has 4 aromatic rings. The van der Waals surface area contributed by atoms with Crippen molar-refractivity contribution in [3.05, 3.63) is 41.4 Å². The minimum Gasteiger partial charge on any atom is -0.478 e. The van der Waals surface area contributed by atoms with Gasteiger partial charge in [0.25, 0.3) is 28.2 Å². The number of anilines is 1. The molecule has 0 aliphatic carbocycles. The molecule has 2 N–H and O–H groups in total. The zero-order valence-corrected chi connectivity index (χ0v) is 20.6. The molecule has 11 nitrogen and oxygen atoms in total. The monoisotopic (exact) mass is 540 g/mol. The maximum absolute atomic E-state index is 13.3. The number of methoxy groups -OCH3 is 2. The van der Waals surface area contributed by atoms with Crippen LogP contribution in [0.5, 0.6) is 17.5 Å². The van der Waals surface area contributed by atoms with E-state index in [1.807, 2.05) is 0 Å². The molecule has 3 aromatic heterocycles. The Hall–Kier alpha value is -3.78. The number of sulfonamides is 1. The Kier molecular flexibility index (Phi) is 7.08. The van der Waals surface area contributed by atoms with Gasteiger partial charge in [0.2, 0.25) is 11.7 Å². The van der Waals surface area contributed by atoms with Crippen molar-refractivity contribution in [2.75, 3.05) is 25.5 Å². The average molecular weight is 541 g/mol. The van der Waals surface area contributed by atoms with Gasteiger partial charge in [-0.15, -0.1) is 0 Å². The van der Waals surface area contributed by atoms with Crippen LogP contribution in [0.25, 0.3) is 22.2 Å². The van der Waals surface area contributed by atoms with Gasteiger partial charge in [-0.3, -0.25) is 9.97 Å². The Morgan fingerprint density at radius 2 is 1.81 bits per heavy atom. The number of aromatic amines is 1.